The molecule has 0 aliphatic carbocycles. The number of hydrogen-bond acceptors (Lipinski definition) is 1. The van der Waals surface area contributed by atoms with Gasteiger partial charge in [0.15, 0.2) is 0 Å². The monoisotopic (exact) mass is 274 g/mol. The molecule has 0 saturated heterocycles. The molecule has 1 unspecified atom stereocenters. The lowest BCUT2D eigenvalue weighted by atomic mass is 9.92. The first-order chi connectivity index (χ1) is 10.3. The molecule has 0 aliphatic rings. The van der Waals surface area contributed by atoms with Crippen LogP contribution in [0.2, 0.25) is 0 Å². The summed E-state index contributed by atoms with van der Waals surface area (Å²) in [5.41, 5.74) is 5.63. The summed E-state index contributed by atoms with van der Waals surface area (Å²) in [5, 5.41) is 9.86. The van der Waals surface area contributed by atoms with Crippen molar-refractivity contribution in [1.29, 1.82) is 0 Å². The predicted octanol–water partition coefficient (Wildman–Crippen LogP) is 5.07. The van der Waals surface area contributed by atoms with Gasteiger partial charge in [-0.15, -0.1) is 0 Å². The molecule has 1 heteroatoms. The van der Waals surface area contributed by atoms with E-state index in [1.165, 1.54) is 16.7 Å². The lowest BCUT2D eigenvalue weighted by molar-refractivity contribution is 0.199. The van der Waals surface area contributed by atoms with Crippen molar-refractivity contribution < 1.29 is 5.11 Å². The number of benzene rings is 3. The van der Waals surface area contributed by atoms with Gasteiger partial charge in [0.1, 0.15) is 0 Å². The topological polar surface area (TPSA) is 20.2 Å². The van der Waals surface area contributed by atoms with Gasteiger partial charge in [-0.1, -0.05) is 72.8 Å². The Morgan fingerprint density at radius 2 is 1.19 bits per heavy atom. The van der Waals surface area contributed by atoms with Crippen LogP contribution in [0.25, 0.3) is 22.3 Å². The van der Waals surface area contributed by atoms with Gasteiger partial charge in [0.25, 0.3) is 0 Å². The van der Waals surface area contributed by atoms with Crippen LogP contribution in [0.1, 0.15) is 18.6 Å². The Kier molecular flexibility index (Phi) is 3.85. The molecule has 0 aromatic heterocycles. The van der Waals surface area contributed by atoms with Gasteiger partial charge >= 0.3 is 0 Å². The quantitative estimate of drug-likeness (QED) is 0.706. The van der Waals surface area contributed by atoms with Crippen molar-refractivity contribution in [1.82, 2.24) is 0 Å². The van der Waals surface area contributed by atoms with Crippen LogP contribution in [0.3, 0.4) is 0 Å². The molecule has 3 aromatic rings. The minimum Gasteiger partial charge on any atom is -0.389 e. The van der Waals surface area contributed by atoms with Crippen LogP contribution in [0, 0.1) is 0 Å². The highest BCUT2D eigenvalue weighted by molar-refractivity contribution is 5.83. The number of aliphatic hydroxyl groups excluding tert-OH is 1. The van der Waals surface area contributed by atoms with Gasteiger partial charge in [-0.2, -0.15) is 0 Å². The van der Waals surface area contributed by atoms with Crippen molar-refractivity contribution in [3.8, 4) is 22.3 Å². The van der Waals surface area contributed by atoms with E-state index in [4.69, 9.17) is 0 Å². The standard InChI is InChI=1S/C20H18O/c1-15(21)18-12-13-19(16-8-4-2-5-9-16)20(14-18)17-10-6-3-7-11-17/h2-15,21H,1H3. The van der Waals surface area contributed by atoms with Crippen LogP contribution < -0.4 is 0 Å². The van der Waals surface area contributed by atoms with E-state index in [9.17, 15) is 5.11 Å². The Balaban J connectivity index is 2.21. The smallest absolute Gasteiger partial charge is 0.0762 e. The first-order valence-electron chi connectivity index (χ1n) is 7.18. The normalized spacial score (nSPS) is 12.1. The van der Waals surface area contributed by atoms with E-state index < -0.39 is 6.10 Å². The van der Waals surface area contributed by atoms with Gasteiger partial charge in [0.05, 0.1) is 6.10 Å². The molecule has 0 aliphatic heterocycles. The van der Waals surface area contributed by atoms with Gasteiger partial charge < -0.3 is 5.11 Å². The van der Waals surface area contributed by atoms with Crippen LogP contribution in [-0.2, 0) is 0 Å². The summed E-state index contributed by atoms with van der Waals surface area (Å²) < 4.78 is 0. The van der Waals surface area contributed by atoms with E-state index >= 15 is 0 Å². The molecular formula is C20H18O. The first-order valence-corrected chi connectivity index (χ1v) is 7.18. The van der Waals surface area contributed by atoms with Crippen molar-refractivity contribution in [3.05, 3.63) is 84.4 Å². The SMILES string of the molecule is CC(O)c1ccc(-c2ccccc2)c(-c2ccccc2)c1. The van der Waals surface area contributed by atoms with Crippen molar-refractivity contribution in [2.24, 2.45) is 0 Å². The predicted molar refractivity (Wildman–Crippen MR) is 87.9 cm³/mol. The van der Waals surface area contributed by atoms with E-state index in [0.29, 0.717) is 0 Å². The highest BCUT2D eigenvalue weighted by Crippen LogP contribution is 2.34. The molecular weight excluding hydrogens is 256 g/mol. The van der Waals surface area contributed by atoms with Crippen LogP contribution in [-0.4, -0.2) is 5.11 Å². The van der Waals surface area contributed by atoms with Crippen molar-refractivity contribution in [2.45, 2.75) is 13.0 Å². The molecule has 0 spiro atoms. The largest absolute Gasteiger partial charge is 0.389 e. The molecule has 21 heavy (non-hydrogen) atoms. The zero-order valence-corrected chi connectivity index (χ0v) is 12.0. The molecule has 0 fully saturated rings. The van der Waals surface area contributed by atoms with E-state index in [1.807, 2.05) is 42.5 Å². The average Bonchev–Trinajstić information content (AvgIpc) is 2.56. The molecule has 0 saturated carbocycles. The zero-order chi connectivity index (χ0) is 14.7. The molecule has 1 atom stereocenters. The summed E-state index contributed by atoms with van der Waals surface area (Å²) in [7, 11) is 0. The number of hydrogen-bond donors (Lipinski definition) is 1. The number of rotatable bonds is 3. The molecule has 3 aromatic carbocycles. The number of aliphatic hydroxyl groups is 1. The average molecular weight is 274 g/mol. The fourth-order valence-corrected chi connectivity index (χ4v) is 2.55. The lowest BCUT2D eigenvalue weighted by Crippen LogP contribution is -1.93. The summed E-state index contributed by atoms with van der Waals surface area (Å²) in [6.45, 7) is 1.80. The van der Waals surface area contributed by atoms with Crippen LogP contribution in [0.5, 0.6) is 0 Å². The summed E-state index contributed by atoms with van der Waals surface area (Å²) in [5.74, 6) is 0. The van der Waals surface area contributed by atoms with Gasteiger partial charge in [0, 0.05) is 0 Å². The highest BCUT2D eigenvalue weighted by Gasteiger charge is 2.10. The molecule has 1 nitrogen and oxygen atoms in total. The van der Waals surface area contributed by atoms with Gasteiger partial charge in [-0.25, -0.2) is 0 Å². The second-order valence-corrected chi connectivity index (χ2v) is 5.21. The second kappa shape index (κ2) is 5.94. The molecule has 1 N–H and O–H groups in total. The summed E-state index contributed by atoms with van der Waals surface area (Å²) in [6, 6.07) is 26.8. The molecule has 0 radical (unpaired) electrons. The fourth-order valence-electron chi connectivity index (χ4n) is 2.55. The third-order valence-electron chi connectivity index (χ3n) is 3.70. The minimum atomic E-state index is -0.461. The van der Waals surface area contributed by atoms with Crippen molar-refractivity contribution >= 4 is 0 Å². The van der Waals surface area contributed by atoms with Gasteiger partial charge in [-0.05, 0) is 40.8 Å². The van der Waals surface area contributed by atoms with Crippen LogP contribution in [0.4, 0.5) is 0 Å². The maximum atomic E-state index is 9.86. The second-order valence-electron chi connectivity index (χ2n) is 5.21. The van der Waals surface area contributed by atoms with Crippen molar-refractivity contribution in [2.75, 3.05) is 0 Å². The Morgan fingerprint density at radius 1 is 0.667 bits per heavy atom. The Hall–Kier alpha value is -2.38. The van der Waals surface area contributed by atoms with E-state index in [0.717, 1.165) is 11.1 Å². The fraction of sp³-hybridized carbons (Fsp3) is 0.100. The summed E-state index contributed by atoms with van der Waals surface area (Å²) >= 11 is 0. The molecule has 3 rings (SSSR count). The maximum Gasteiger partial charge on any atom is 0.0762 e. The van der Waals surface area contributed by atoms with Gasteiger partial charge in [-0.3, -0.25) is 0 Å². The maximum absolute atomic E-state index is 9.86. The minimum absolute atomic E-state index is 0.461. The van der Waals surface area contributed by atoms with Crippen LogP contribution >= 0.6 is 0 Å². The van der Waals surface area contributed by atoms with E-state index in [2.05, 4.69) is 36.4 Å². The molecule has 104 valence electrons. The van der Waals surface area contributed by atoms with Crippen molar-refractivity contribution in [3.63, 3.8) is 0 Å². The van der Waals surface area contributed by atoms with E-state index in [-0.39, 0.29) is 0 Å². The highest BCUT2D eigenvalue weighted by atomic mass is 16.3. The Labute approximate surface area is 125 Å². The first kappa shape index (κ1) is 13.6. The Morgan fingerprint density at radius 3 is 1.71 bits per heavy atom. The molecule has 0 bridgehead atoms. The summed E-state index contributed by atoms with van der Waals surface area (Å²) in [4.78, 5) is 0. The lowest BCUT2D eigenvalue weighted by Gasteiger charge is -2.14. The summed E-state index contributed by atoms with van der Waals surface area (Å²) in [6.07, 6.45) is -0.461. The van der Waals surface area contributed by atoms with Gasteiger partial charge in [0.2, 0.25) is 0 Å². The zero-order valence-electron chi connectivity index (χ0n) is 12.0. The Bertz CT molecular complexity index is 715. The third-order valence-corrected chi connectivity index (χ3v) is 3.70. The van der Waals surface area contributed by atoms with Crippen LogP contribution in [0.15, 0.2) is 78.9 Å². The van der Waals surface area contributed by atoms with E-state index in [1.54, 1.807) is 6.92 Å². The molecule has 0 heterocycles. The third kappa shape index (κ3) is 2.88. The molecule has 0 amide bonds.